The van der Waals surface area contributed by atoms with Crippen molar-refractivity contribution in [3.8, 4) is 0 Å². The number of hydrogen-bond acceptors (Lipinski definition) is 10. The Hall–Kier alpha value is -7.63. The van der Waals surface area contributed by atoms with Crippen molar-refractivity contribution in [2.45, 2.75) is 142 Å². The first-order chi connectivity index (χ1) is 37.4. The van der Waals surface area contributed by atoms with Crippen LogP contribution in [0.15, 0.2) is 24.3 Å². The van der Waals surface area contributed by atoms with Gasteiger partial charge >= 0.3 is 30.5 Å². The van der Waals surface area contributed by atoms with Gasteiger partial charge in [0.2, 0.25) is 23.5 Å². The van der Waals surface area contributed by atoms with Gasteiger partial charge in [-0.25, -0.2) is 55.1 Å². The van der Waals surface area contributed by atoms with E-state index in [0.717, 1.165) is 19.3 Å². The predicted molar refractivity (Wildman–Crippen MR) is 253 cm³/mol. The highest BCUT2D eigenvalue weighted by Gasteiger charge is 2.44. The van der Waals surface area contributed by atoms with Crippen molar-refractivity contribution in [1.82, 2.24) is 44.4 Å². The summed E-state index contributed by atoms with van der Waals surface area (Å²) in [5.41, 5.74) is -4.53. The SMILES string of the molecule is CC(C)(C)OC(=O)NC(CC(=O)N1CCn2c(C(F)(F)F)nc(C(=O)N3CC[C@H](F)C3)c2C1)Cc1cc(F)c(F)cc1F.CC(C)(C)OC(=O)NC(CC(=O)N1CCn2c(C(F)(F)F)nc(C(=O)O)c2C1)Cc1cc(F)c(F)cc1F. The Morgan fingerprint density at radius 3 is 1.32 bits per heavy atom. The second-order valence-corrected chi connectivity index (χ2v) is 21.1. The molecule has 444 valence electrons. The number of nitrogens with zero attached hydrogens (tertiary/aromatic N) is 7. The first-order valence-electron chi connectivity index (χ1n) is 24.7. The maximum Gasteiger partial charge on any atom is 0.449 e. The number of alkyl halides is 7. The van der Waals surface area contributed by atoms with Crippen LogP contribution in [0.3, 0.4) is 0 Å². The monoisotopic (exact) mass is 1170 g/mol. The number of amides is 5. The van der Waals surface area contributed by atoms with Gasteiger partial charge in [-0.3, -0.25) is 14.4 Å². The number of imidazole rings is 2. The Bertz CT molecular complexity index is 3060. The summed E-state index contributed by atoms with van der Waals surface area (Å²) in [6, 6.07) is -0.593. The van der Waals surface area contributed by atoms with Crippen LogP contribution in [0.4, 0.5) is 66.7 Å². The summed E-state index contributed by atoms with van der Waals surface area (Å²) in [6.07, 6.45) is -15.1. The topological polar surface area (TPSA) is 211 Å². The van der Waals surface area contributed by atoms with E-state index in [1.54, 1.807) is 41.5 Å². The molecule has 2 aromatic carbocycles. The van der Waals surface area contributed by atoms with Crippen LogP contribution in [0, 0.1) is 34.9 Å². The average molecular weight is 1170 g/mol. The molecule has 3 atom stereocenters. The molecule has 7 rings (SSSR count). The summed E-state index contributed by atoms with van der Waals surface area (Å²) in [6.45, 7) is 6.86. The smallest absolute Gasteiger partial charge is 0.449 e. The van der Waals surface area contributed by atoms with Gasteiger partial charge in [0.15, 0.2) is 34.7 Å². The van der Waals surface area contributed by atoms with Crippen LogP contribution in [0.1, 0.15) is 116 Å². The quantitative estimate of drug-likeness (QED) is 0.0908. The van der Waals surface area contributed by atoms with Crippen molar-refractivity contribution in [3.05, 3.63) is 105 Å². The number of aromatic nitrogens is 4. The number of carboxylic acid groups (broad SMARTS) is 1. The molecule has 0 spiro atoms. The lowest BCUT2D eigenvalue weighted by Crippen LogP contribution is -2.46. The number of likely N-dealkylation sites (tertiary alicyclic amines) is 1. The summed E-state index contributed by atoms with van der Waals surface area (Å²) in [7, 11) is 0. The highest BCUT2D eigenvalue weighted by Crippen LogP contribution is 2.35. The van der Waals surface area contributed by atoms with Crippen molar-refractivity contribution >= 4 is 35.9 Å². The molecule has 5 amide bonds. The number of hydrogen-bond donors (Lipinski definition) is 3. The summed E-state index contributed by atoms with van der Waals surface area (Å²) in [5, 5.41) is 14.1. The van der Waals surface area contributed by atoms with Crippen LogP contribution in [0.25, 0.3) is 0 Å². The number of aromatic carboxylic acids is 1. The Balaban J connectivity index is 0.000000263. The summed E-state index contributed by atoms with van der Waals surface area (Å²) in [5.74, 6) is -14.6. The molecule has 0 radical (unpaired) electrons. The van der Waals surface area contributed by atoms with E-state index in [4.69, 9.17) is 9.47 Å². The van der Waals surface area contributed by atoms with Gasteiger partial charge in [-0.05, 0) is 84.1 Å². The number of halogens is 13. The van der Waals surface area contributed by atoms with Crippen LogP contribution in [0.2, 0.25) is 0 Å². The zero-order chi connectivity index (χ0) is 60.4. The van der Waals surface area contributed by atoms with Gasteiger partial charge in [0, 0.05) is 69.8 Å². The molecule has 0 aliphatic carbocycles. The highest BCUT2D eigenvalue weighted by molar-refractivity contribution is 5.94. The average Bonchev–Trinajstić information content (AvgIpc) is 4.23. The van der Waals surface area contributed by atoms with Gasteiger partial charge in [0.1, 0.15) is 29.0 Å². The van der Waals surface area contributed by atoms with Crippen molar-refractivity contribution in [2.75, 3.05) is 26.2 Å². The second kappa shape index (κ2) is 24.2. The van der Waals surface area contributed by atoms with Crippen LogP contribution >= 0.6 is 0 Å². The number of carbonyl (C=O) groups is 6. The summed E-state index contributed by atoms with van der Waals surface area (Å²) < 4.78 is 190. The van der Waals surface area contributed by atoms with E-state index in [0.29, 0.717) is 28.8 Å². The number of ether oxygens (including phenoxy) is 2. The van der Waals surface area contributed by atoms with Crippen LogP contribution in [-0.4, -0.2) is 130 Å². The maximum absolute atomic E-state index is 14.4. The summed E-state index contributed by atoms with van der Waals surface area (Å²) in [4.78, 5) is 85.8. The molecule has 1 fully saturated rings. The number of carbonyl (C=O) groups excluding carboxylic acids is 5. The second-order valence-electron chi connectivity index (χ2n) is 21.1. The maximum atomic E-state index is 14.4. The van der Waals surface area contributed by atoms with E-state index in [2.05, 4.69) is 20.6 Å². The van der Waals surface area contributed by atoms with E-state index in [1.165, 1.54) is 0 Å². The van der Waals surface area contributed by atoms with Gasteiger partial charge in [-0.15, -0.1) is 0 Å². The largest absolute Gasteiger partial charge is 0.476 e. The van der Waals surface area contributed by atoms with E-state index in [-0.39, 0.29) is 61.7 Å². The Morgan fingerprint density at radius 2 is 0.963 bits per heavy atom. The van der Waals surface area contributed by atoms with E-state index >= 15 is 0 Å². The number of rotatable bonds is 12. The van der Waals surface area contributed by atoms with Crippen LogP contribution in [-0.2, 0) is 70.4 Å². The lowest BCUT2D eigenvalue weighted by molar-refractivity contribution is -0.149. The molecule has 5 heterocycles. The van der Waals surface area contributed by atoms with E-state index in [9.17, 15) is 90.9 Å². The van der Waals surface area contributed by atoms with Crippen LogP contribution < -0.4 is 10.6 Å². The lowest BCUT2D eigenvalue weighted by Gasteiger charge is -2.31. The van der Waals surface area contributed by atoms with Gasteiger partial charge in [0.25, 0.3) is 5.91 Å². The lowest BCUT2D eigenvalue weighted by atomic mass is 10.0. The fourth-order valence-corrected chi connectivity index (χ4v) is 8.94. The third kappa shape index (κ3) is 16.1. The van der Waals surface area contributed by atoms with Crippen molar-refractivity contribution in [3.63, 3.8) is 0 Å². The molecule has 81 heavy (non-hydrogen) atoms. The normalized spacial score (nSPS) is 16.4. The zero-order valence-corrected chi connectivity index (χ0v) is 44.0. The van der Waals surface area contributed by atoms with Gasteiger partial charge in [-0.1, -0.05) is 0 Å². The molecule has 0 bridgehead atoms. The number of fused-ring (bicyclic) bond motifs is 2. The van der Waals surface area contributed by atoms with E-state index < -0.39 is 181 Å². The van der Waals surface area contributed by atoms with Crippen molar-refractivity contribution < 1.29 is 100 Å². The molecule has 3 aliphatic rings. The molecule has 2 unspecified atom stereocenters. The molecule has 18 nitrogen and oxygen atoms in total. The molecule has 3 aliphatic heterocycles. The molecular formula is C50H54F13N9O9. The Kier molecular flexibility index (Phi) is 18.7. The number of alkyl carbamates (subject to hydrolysis) is 2. The molecule has 31 heteroatoms. The standard InChI is InChI=1S/C27H30F7N5O4.C23H24F6N4O5/c1-26(2,3)43-25(42)35-16(8-14-9-18(30)19(31)11-17(14)29)10-21(40)37-6-7-39-20(13-37)22(36-24(39)27(32,33)34)23(41)38-5-4-15(28)12-38;1-22(2,3)38-21(37)30-12(6-11-7-14(25)15(26)9-13(11)24)8-17(34)32-4-5-33-16(10-32)18(19(35)36)31-20(33)23(27,28)29/h9,11,15-16H,4-8,10,12-13H2,1-3H3,(H,35,42);7,9,12H,4-6,8,10H2,1-3H3,(H,30,37)(H,35,36)/t15-,16?;/m0./s1. The number of benzene rings is 2. The molecule has 2 aromatic heterocycles. The fraction of sp³-hybridized carbons (Fsp3) is 0.520. The minimum Gasteiger partial charge on any atom is -0.476 e. The molecule has 4 aromatic rings. The zero-order valence-electron chi connectivity index (χ0n) is 44.0. The van der Waals surface area contributed by atoms with Crippen molar-refractivity contribution in [1.29, 1.82) is 0 Å². The molecule has 3 N–H and O–H groups in total. The number of carboxylic acids is 1. The molecular weight excluding hydrogens is 1120 g/mol. The van der Waals surface area contributed by atoms with Crippen LogP contribution in [0.5, 0.6) is 0 Å². The third-order valence-electron chi connectivity index (χ3n) is 12.4. The highest BCUT2D eigenvalue weighted by atomic mass is 19.4. The Labute approximate surface area is 452 Å². The minimum absolute atomic E-state index is 0.00511. The van der Waals surface area contributed by atoms with Gasteiger partial charge in [-0.2, -0.15) is 26.3 Å². The first kappa shape index (κ1) is 62.6. The Morgan fingerprint density at radius 1 is 0.580 bits per heavy atom. The van der Waals surface area contributed by atoms with Crippen molar-refractivity contribution in [2.24, 2.45) is 0 Å². The first-order valence-corrected chi connectivity index (χ1v) is 24.7. The number of nitrogens with one attached hydrogen (secondary N) is 2. The summed E-state index contributed by atoms with van der Waals surface area (Å²) >= 11 is 0. The fourth-order valence-electron chi connectivity index (χ4n) is 8.94. The minimum atomic E-state index is -4.93. The predicted octanol–water partition coefficient (Wildman–Crippen LogP) is 8.26. The van der Waals surface area contributed by atoms with Gasteiger partial charge < -0.3 is 49.0 Å². The van der Waals surface area contributed by atoms with E-state index in [1.807, 2.05) is 0 Å². The third-order valence-corrected chi connectivity index (χ3v) is 12.4. The van der Waals surface area contributed by atoms with Gasteiger partial charge in [0.05, 0.1) is 31.0 Å². The molecule has 1 saturated heterocycles. The molecule has 0 saturated carbocycles.